The molecular formula is C19H15BrN4OS2. The zero-order chi connectivity index (χ0) is 19.0. The summed E-state index contributed by atoms with van der Waals surface area (Å²) in [5, 5.41) is 4.78. The normalized spacial score (nSPS) is 11.2. The number of anilines is 1. The maximum absolute atomic E-state index is 12.3. The van der Waals surface area contributed by atoms with Crippen LogP contribution in [0.2, 0.25) is 0 Å². The lowest BCUT2D eigenvalue weighted by molar-refractivity contribution is -0.113. The van der Waals surface area contributed by atoms with Crippen LogP contribution in [0.3, 0.4) is 0 Å². The summed E-state index contributed by atoms with van der Waals surface area (Å²) in [5.74, 6) is 0.210. The van der Waals surface area contributed by atoms with E-state index < -0.39 is 0 Å². The van der Waals surface area contributed by atoms with Crippen molar-refractivity contribution in [2.45, 2.75) is 18.9 Å². The molecule has 4 aromatic rings. The van der Waals surface area contributed by atoms with Gasteiger partial charge in [-0.3, -0.25) is 4.79 Å². The van der Waals surface area contributed by atoms with E-state index in [9.17, 15) is 4.79 Å². The number of pyridine rings is 1. The predicted molar refractivity (Wildman–Crippen MR) is 116 cm³/mol. The number of thioether (sulfide) groups is 1. The standard InChI is InChI=1S/C19H15BrN4OS2/c1-10-7-11(2)23-18-15(10)16-17(27-18)19(22-9-21-16)26-8-14(25)24-13-5-3-12(20)4-6-13/h3-7,9H,8H2,1-2H3,(H,24,25). The third-order valence-electron chi connectivity index (χ3n) is 3.99. The van der Waals surface area contributed by atoms with Crippen molar-refractivity contribution in [1.82, 2.24) is 15.0 Å². The lowest BCUT2D eigenvalue weighted by Crippen LogP contribution is -2.14. The lowest BCUT2D eigenvalue weighted by Gasteiger charge is -2.05. The number of hydrogen-bond donors (Lipinski definition) is 1. The maximum Gasteiger partial charge on any atom is 0.234 e. The van der Waals surface area contributed by atoms with Crippen LogP contribution in [0.15, 0.2) is 46.2 Å². The number of amides is 1. The number of aryl methyl sites for hydroxylation is 2. The first kappa shape index (κ1) is 18.3. The Morgan fingerprint density at radius 3 is 2.78 bits per heavy atom. The molecule has 0 aliphatic heterocycles. The van der Waals surface area contributed by atoms with Gasteiger partial charge in [0, 0.05) is 21.2 Å². The molecule has 1 aromatic carbocycles. The lowest BCUT2D eigenvalue weighted by atomic mass is 10.1. The van der Waals surface area contributed by atoms with Gasteiger partial charge in [-0.15, -0.1) is 11.3 Å². The third-order valence-corrected chi connectivity index (χ3v) is 6.71. The molecule has 0 unspecified atom stereocenters. The molecule has 0 aliphatic carbocycles. The molecule has 3 heterocycles. The van der Waals surface area contributed by atoms with Crippen molar-refractivity contribution in [2.24, 2.45) is 0 Å². The van der Waals surface area contributed by atoms with Gasteiger partial charge in [-0.05, 0) is 49.7 Å². The zero-order valence-electron chi connectivity index (χ0n) is 14.6. The summed E-state index contributed by atoms with van der Waals surface area (Å²) in [6.45, 7) is 4.06. The Kier molecular flexibility index (Phi) is 5.12. The van der Waals surface area contributed by atoms with Gasteiger partial charge >= 0.3 is 0 Å². The van der Waals surface area contributed by atoms with Crippen LogP contribution >= 0.6 is 39.0 Å². The van der Waals surface area contributed by atoms with Crippen LogP contribution in [0.1, 0.15) is 11.3 Å². The fourth-order valence-electron chi connectivity index (χ4n) is 2.86. The largest absolute Gasteiger partial charge is 0.325 e. The van der Waals surface area contributed by atoms with Gasteiger partial charge in [0.15, 0.2) is 0 Å². The van der Waals surface area contributed by atoms with E-state index in [0.29, 0.717) is 0 Å². The van der Waals surface area contributed by atoms with E-state index in [2.05, 4.69) is 49.2 Å². The first-order valence-electron chi connectivity index (χ1n) is 8.21. The van der Waals surface area contributed by atoms with E-state index in [0.717, 1.165) is 46.9 Å². The van der Waals surface area contributed by atoms with Gasteiger partial charge in [-0.25, -0.2) is 15.0 Å². The number of aromatic nitrogens is 3. The van der Waals surface area contributed by atoms with Crippen LogP contribution in [0.5, 0.6) is 0 Å². The summed E-state index contributed by atoms with van der Waals surface area (Å²) in [6, 6.07) is 9.57. The number of thiophene rings is 1. The molecule has 27 heavy (non-hydrogen) atoms. The number of rotatable bonds is 4. The Hall–Kier alpha value is -2.03. The average molecular weight is 459 g/mol. The highest BCUT2D eigenvalue weighted by atomic mass is 79.9. The second-order valence-corrected chi connectivity index (χ2v) is 8.94. The number of hydrogen-bond acceptors (Lipinski definition) is 6. The van der Waals surface area contributed by atoms with Crippen molar-refractivity contribution < 1.29 is 4.79 Å². The first-order valence-corrected chi connectivity index (χ1v) is 10.8. The smallest absolute Gasteiger partial charge is 0.234 e. The minimum atomic E-state index is -0.0691. The first-order chi connectivity index (χ1) is 13.0. The highest BCUT2D eigenvalue weighted by molar-refractivity contribution is 9.10. The molecule has 0 fully saturated rings. The molecule has 0 atom stereocenters. The Morgan fingerprint density at radius 2 is 2.00 bits per heavy atom. The molecule has 0 saturated carbocycles. The summed E-state index contributed by atoms with van der Waals surface area (Å²) in [5.41, 5.74) is 3.83. The molecule has 0 saturated heterocycles. The van der Waals surface area contributed by atoms with E-state index in [1.807, 2.05) is 31.2 Å². The third kappa shape index (κ3) is 3.83. The van der Waals surface area contributed by atoms with Crippen molar-refractivity contribution in [1.29, 1.82) is 0 Å². The van der Waals surface area contributed by atoms with E-state index in [1.54, 1.807) is 17.7 Å². The van der Waals surface area contributed by atoms with Gasteiger partial charge in [-0.1, -0.05) is 27.7 Å². The summed E-state index contributed by atoms with van der Waals surface area (Å²) >= 11 is 6.38. The van der Waals surface area contributed by atoms with Crippen molar-refractivity contribution in [3.05, 3.63) is 52.4 Å². The summed E-state index contributed by atoms with van der Waals surface area (Å²) < 4.78 is 1.96. The molecule has 1 amide bonds. The highest BCUT2D eigenvalue weighted by Gasteiger charge is 2.15. The average Bonchev–Trinajstić information content (AvgIpc) is 3.01. The second kappa shape index (κ2) is 7.53. The van der Waals surface area contributed by atoms with Crippen molar-refractivity contribution in [3.8, 4) is 0 Å². The van der Waals surface area contributed by atoms with E-state index >= 15 is 0 Å². The minimum Gasteiger partial charge on any atom is -0.325 e. The van der Waals surface area contributed by atoms with Crippen LogP contribution < -0.4 is 5.32 Å². The summed E-state index contributed by atoms with van der Waals surface area (Å²) in [7, 11) is 0. The van der Waals surface area contributed by atoms with Crippen LogP contribution in [0.25, 0.3) is 20.4 Å². The molecule has 0 radical (unpaired) electrons. The number of nitrogens with zero attached hydrogens (tertiary/aromatic N) is 3. The quantitative estimate of drug-likeness (QED) is 0.329. The molecule has 136 valence electrons. The van der Waals surface area contributed by atoms with Crippen molar-refractivity contribution >= 4 is 71.1 Å². The fourth-order valence-corrected chi connectivity index (χ4v) is 5.25. The monoisotopic (exact) mass is 458 g/mol. The van der Waals surface area contributed by atoms with Gasteiger partial charge in [0.1, 0.15) is 16.2 Å². The van der Waals surface area contributed by atoms with Gasteiger partial charge < -0.3 is 5.32 Å². The molecule has 0 aliphatic rings. The molecule has 3 aromatic heterocycles. The van der Waals surface area contributed by atoms with Crippen molar-refractivity contribution in [3.63, 3.8) is 0 Å². The van der Waals surface area contributed by atoms with E-state index in [-0.39, 0.29) is 11.7 Å². The predicted octanol–water partition coefficient (Wildman–Crippen LogP) is 5.35. The van der Waals surface area contributed by atoms with Crippen LogP contribution in [0, 0.1) is 13.8 Å². The Bertz CT molecular complexity index is 1160. The molecule has 0 spiro atoms. The van der Waals surface area contributed by atoms with Crippen LogP contribution in [0.4, 0.5) is 5.69 Å². The minimum absolute atomic E-state index is 0.0691. The summed E-state index contributed by atoms with van der Waals surface area (Å²) in [4.78, 5) is 26.7. The highest BCUT2D eigenvalue weighted by Crippen LogP contribution is 2.37. The SMILES string of the molecule is Cc1cc(C)c2c(n1)sc1c(SCC(=O)Nc3ccc(Br)cc3)ncnc12. The second-order valence-electron chi connectivity index (χ2n) is 6.06. The van der Waals surface area contributed by atoms with E-state index in [1.165, 1.54) is 11.8 Å². The molecule has 1 N–H and O–H groups in total. The van der Waals surface area contributed by atoms with Crippen molar-refractivity contribution in [2.75, 3.05) is 11.1 Å². The van der Waals surface area contributed by atoms with Crippen LogP contribution in [-0.4, -0.2) is 26.6 Å². The van der Waals surface area contributed by atoms with Gasteiger partial charge in [0.2, 0.25) is 5.91 Å². The number of carbonyl (C=O) groups excluding carboxylic acids is 1. The van der Waals surface area contributed by atoms with Gasteiger partial charge in [0.05, 0.1) is 16.0 Å². The molecule has 4 rings (SSSR count). The Labute approximate surface area is 172 Å². The van der Waals surface area contributed by atoms with Gasteiger partial charge in [0.25, 0.3) is 0 Å². The topological polar surface area (TPSA) is 67.8 Å². The number of fused-ring (bicyclic) bond motifs is 3. The molecule has 5 nitrogen and oxygen atoms in total. The maximum atomic E-state index is 12.3. The Morgan fingerprint density at radius 1 is 1.22 bits per heavy atom. The molecule has 0 bridgehead atoms. The molecule has 8 heteroatoms. The number of nitrogens with one attached hydrogen (secondary N) is 1. The fraction of sp³-hybridized carbons (Fsp3) is 0.158. The van der Waals surface area contributed by atoms with Crippen LogP contribution in [-0.2, 0) is 4.79 Å². The molecular weight excluding hydrogens is 444 g/mol. The number of halogens is 1. The van der Waals surface area contributed by atoms with E-state index in [4.69, 9.17) is 0 Å². The Balaban J connectivity index is 1.58. The summed E-state index contributed by atoms with van der Waals surface area (Å²) in [6.07, 6.45) is 1.56. The zero-order valence-corrected chi connectivity index (χ0v) is 17.8. The number of carbonyl (C=O) groups is 1. The number of benzene rings is 1. The van der Waals surface area contributed by atoms with Gasteiger partial charge in [-0.2, -0.15) is 0 Å².